The molecule has 0 unspecified atom stereocenters. The maximum Gasteiger partial charge on any atom is 0.149 e. The molecule has 0 aliphatic carbocycles. The Kier molecular flexibility index (Phi) is 2.99. The molecule has 1 N–H and O–H groups in total. The topological polar surface area (TPSA) is 44.0 Å². The fraction of sp³-hybridized carbons (Fsp3) is 0. The number of benzene rings is 2. The van der Waals surface area contributed by atoms with Gasteiger partial charge in [-0.2, -0.15) is 5.26 Å². The quantitative estimate of drug-likeness (QED) is 0.835. The van der Waals surface area contributed by atoms with Gasteiger partial charge in [-0.25, -0.2) is 4.39 Å². The highest BCUT2D eigenvalue weighted by Crippen LogP contribution is 2.30. The maximum atomic E-state index is 13.7. The molecule has 0 spiro atoms. The Balaban J connectivity index is 2.59. The van der Waals surface area contributed by atoms with Crippen LogP contribution in [0.2, 0.25) is 5.02 Å². The van der Waals surface area contributed by atoms with Crippen LogP contribution in [-0.2, 0) is 0 Å². The van der Waals surface area contributed by atoms with Crippen LogP contribution in [-0.4, -0.2) is 5.11 Å². The van der Waals surface area contributed by atoms with Crippen LogP contribution in [0.3, 0.4) is 0 Å². The number of aromatic hydroxyl groups is 1. The molecular formula is C13H7ClFNO. The van der Waals surface area contributed by atoms with Gasteiger partial charge in [0.1, 0.15) is 17.6 Å². The van der Waals surface area contributed by atoms with Gasteiger partial charge in [-0.1, -0.05) is 29.8 Å². The molecule has 0 amide bonds. The fourth-order valence-electron chi connectivity index (χ4n) is 1.52. The van der Waals surface area contributed by atoms with Crippen LogP contribution in [0.15, 0.2) is 36.4 Å². The van der Waals surface area contributed by atoms with Gasteiger partial charge in [-0.3, -0.25) is 0 Å². The van der Waals surface area contributed by atoms with Crippen molar-refractivity contribution in [1.29, 1.82) is 5.26 Å². The summed E-state index contributed by atoms with van der Waals surface area (Å²) in [7, 11) is 0. The Bertz CT molecular complexity index is 619. The third-order valence-electron chi connectivity index (χ3n) is 2.38. The van der Waals surface area contributed by atoms with Gasteiger partial charge in [-0.05, 0) is 23.8 Å². The first kappa shape index (κ1) is 11.4. The van der Waals surface area contributed by atoms with Crippen LogP contribution >= 0.6 is 11.6 Å². The number of rotatable bonds is 1. The molecule has 0 radical (unpaired) electrons. The highest BCUT2D eigenvalue weighted by molar-refractivity contribution is 6.31. The molecule has 84 valence electrons. The predicted octanol–water partition coefficient (Wildman–Crippen LogP) is 3.72. The molecule has 17 heavy (non-hydrogen) atoms. The molecule has 0 atom stereocenters. The second kappa shape index (κ2) is 4.44. The summed E-state index contributed by atoms with van der Waals surface area (Å²) in [5.41, 5.74) is 0.912. The van der Waals surface area contributed by atoms with Crippen LogP contribution < -0.4 is 0 Å². The molecule has 0 saturated heterocycles. The zero-order valence-electron chi connectivity index (χ0n) is 8.61. The first-order chi connectivity index (χ1) is 8.13. The summed E-state index contributed by atoms with van der Waals surface area (Å²) in [4.78, 5) is 0. The van der Waals surface area contributed by atoms with E-state index in [4.69, 9.17) is 16.9 Å². The molecular weight excluding hydrogens is 241 g/mol. The summed E-state index contributed by atoms with van der Waals surface area (Å²) in [6.07, 6.45) is 0. The molecule has 0 fully saturated rings. The molecule has 2 rings (SSSR count). The number of phenols is 1. The van der Waals surface area contributed by atoms with Crippen molar-refractivity contribution in [2.75, 3.05) is 0 Å². The van der Waals surface area contributed by atoms with E-state index in [0.29, 0.717) is 5.56 Å². The lowest BCUT2D eigenvalue weighted by Crippen LogP contribution is -1.86. The number of hydrogen-bond acceptors (Lipinski definition) is 2. The lowest BCUT2D eigenvalue weighted by Gasteiger charge is -2.05. The van der Waals surface area contributed by atoms with Crippen molar-refractivity contribution < 1.29 is 9.50 Å². The second-order valence-corrected chi connectivity index (χ2v) is 3.85. The SMILES string of the molecule is N#Cc1ccc(-c2cccc(Cl)c2F)cc1O. The van der Waals surface area contributed by atoms with Gasteiger partial charge in [0.2, 0.25) is 0 Å². The van der Waals surface area contributed by atoms with Crippen molar-refractivity contribution >= 4 is 11.6 Å². The summed E-state index contributed by atoms with van der Waals surface area (Å²) in [6.45, 7) is 0. The zero-order chi connectivity index (χ0) is 12.4. The molecule has 2 aromatic rings. The zero-order valence-corrected chi connectivity index (χ0v) is 9.37. The van der Waals surface area contributed by atoms with Crippen molar-refractivity contribution in [1.82, 2.24) is 0 Å². The Morgan fingerprint density at radius 1 is 1.24 bits per heavy atom. The third-order valence-corrected chi connectivity index (χ3v) is 2.67. The van der Waals surface area contributed by atoms with Crippen LogP contribution in [0, 0.1) is 17.1 Å². The Hall–Kier alpha value is -2.05. The summed E-state index contributed by atoms with van der Waals surface area (Å²) in [6, 6.07) is 10.8. The van der Waals surface area contributed by atoms with Crippen LogP contribution in [0.5, 0.6) is 5.75 Å². The minimum absolute atomic E-state index is 0.0198. The van der Waals surface area contributed by atoms with Gasteiger partial charge < -0.3 is 5.11 Å². The van der Waals surface area contributed by atoms with Gasteiger partial charge in [0, 0.05) is 5.56 Å². The number of hydrogen-bond donors (Lipinski definition) is 1. The van der Waals surface area contributed by atoms with Gasteiger partial charge in [0.05, 0.1) is 10.6 Å². The van der Waals surface area contributed by atoms with E-state index in [0.717, 1.165) is 0 Å². The van der Waals surface area contributed by atoms with Crippen LogP contribution in [0.1, 0.15) is 5.56 Å². The number of halogens is 2. The monoisotopic (exact) mass is 247 g/mol. The smallest absolute Gasteiger partial charge is 0.149 e. The maximum absolute atomic E-state index is 13.7. The molecule has 0 aliphatic rings. The number of phenolic OH excluding ortho intramolecular Hbond substituents is 1. The van der Waals surface area contributed by atoms with E-state index in [1.54, 1.807) is 18.2 Å². The Morgan fingerprint density at radius 3 is 2.65 bits per heavy atom. The molecule has 0 aromatic heterocycles. The van der Waals surface area contributed by atoms with Crippen molar-refractivity contribution in [2.45, 2.75) is 0 Å². The lowest BCUT2D eigenvalue weighted by atomic mass is 10.0. The van der Waals surface area contributed by atoms with E-state index in [-0.39, 0.29) is 21.9 Å². The van der Waals surface area contributed by atoms with Crippen molar-refractivity contribution in [3.63, 3.8) is 0 Å². The first-order valence-corrected chi connectivity index (χ1v) is 5.19. The summed E-state index contributed by atoms with van der Waals surface area (Å²) in [5, 5.41) is 18.2. The molecule has 0 bridgehead atoms. The molecule has 0 heterocycles. The van der Waals surface area contributed by atoms with Crippen molar-refractivity contribution in [2.24, 2.45) is 0 Å². The van der Waals surface area contributed by atoms with E-state index in [2.05, 4.69) is 0 Å². The summed E-state index contributed by atoms with van der Waals surface area (Å²) in [5.74, 6) is -0.720. The van der Waals surface area contributed by atoms with E-state index in [9.17, 15) is 9.50 Å². The van der Waals surface area contributed by atoms with Crippen molar-refractivity contribution in [3.8, 4) is 22.9 Å². The molecule has 2 aromatic carbocycles. The predicted molar refractivity (Wildman–Crippen MR) is 63.2 cm³/mol. The highest BCUT2D eigenvalue weighted by Gasteiger charge is 2.10. The minimum atomic E-state index is -0.543. The molecule has 2 nitrogen and oxygen atoms in total. The lowest BCUT2D eigenvalue weighted by molar-refractivity contribution is 0.474. The van der Waals surface area contributed by atoms with E-state index in [1.807, 2.05) is 6.07 Å². The number of nitriles is 1. The summed E-state index contributed by atoms with van der Waals surface area (Å²) >= 11 is 5.67. The van der Waals surface area contributed by atoms with Crippen LogP contribution in [0.4, 0.5) is 4.39 Å². The number of nitrogens with zero attached hydrogens (tertiary/aromatic N) is 1. The van der Waals surface area contributed by atoms with Crippen molar-refractivity contribution in [3.05, 3.63) is 52.8 Å². The largest absolute Gasteiger partial charge is 0.507 e. The normalized spacial score (nSPS) is 9.94. The summed E-state index contributed by atoms with van der Waals surface area (Å²) < 4.78 is 13.7. The van der Waals surface area contributed by atoms with E-state index >= 15 is 0 Å². The third kappa shape index (κ3) is 2.08. The van der Waals surface area contributed by atoms with E-state index in [1.165, 1.54) is 18.2 Å². The van der Waals surface area contributed by atoms with Gasteiger partial charge >= 0.3 is 0 Å². The molecule has 0 saturated carbocycles. The average molecular weight is 248 g/mol. The average Bonchev–Trinajstić information content (AvgIpc) is 2.32. The fourth-order valence-corrected chi connectivity index (χ4v) is 1.70. The van der Waals surface area contributed by atoms with E-state index < -0.39 is 5.82 Å². The first-order valence-electron chi connectivity index (χ1n) is 4.81. The van der Waals surface area contributed by atoms with Gasteiger partial charge in [0.25, 0.3) is 0 Å². The van der Waals surface area contributed by atoms with Gasteiger partial charge in [-0.15, -0.1) is 0 Å². The molecule has 4 heteroatoms. The molecule has 0 aliphatic heterocycles. The van der Waals surface area contributed by atoms with Gasteiger partial charge in [0.15, 0.2) is 0 Å². The minimum Gasteiger partial charge on any atom is -0.507 e. The second-order valence-electron chi connectivity index (χ2n) is 3.45. The Labute approximate surface area is 103 Å². The van der Waals surface area contributed by atoms with Crippen LogP contribution in [0.25, 0.3) is 11.1 Å². The standard InChI is InChI=1S/C13H7ClFNO/c14-11-3-1-2-10(13(11)15)8-4-5-9(7-16)12(17)6-8/h1-6,17H. The Morgan fingerprint density at radius 2 is 2.00 bits per heavy atom. The highest BCUT2D eigenvalue weighted by atomic mass is 35.5.